The average Bonchev–Trinajstić information content (AvgIpc) is 2.72. The van der Waals surface area contributed by atoms with Crippen LogP contribution in [0.3, 0.4) is 0 Å². The van der Waals surface area contributed by atoms with Gasteiger partial charge in [-0.3, -0.25) is 9.69 Å². The van der Waals surface area contributed by atoms with Crippen LogP contribution in [0, 0.1) is 17.6 Å². The number of rotatable bonds is 9. The second kappa shape index (κ2) is 11.2. The van der Waals surface area contributed by atoms with Crippen LogP contribution in [-0.2, 0) is 17.8 Å². The van der Waals surface area contributed by atoms with Gasteiger partial charge >= 0.3 is 0 Å². The number of benzene rings is 2. The first-order chi connectivity index (χ1) is 14.5. The van der Waals surface area contributed by atoms with Crippen molar-refractivity contribution < 1.29 is 13.6 Å². The molecule has 0 spiro atoms. The van der Waals surface area contributed by atoms with Gasteiger partial charge in [0.15, 0.2) is 0 Å². The molecule has 2 aromatic rings. The summed E-state index contributed by atoms with van der Waals surface area (Å²) in [6, 6.07) is 14.3. The number of nitrogens with one attached hydrogen (secondary N) is 1. The van der Waals surface area contributed by atoms with Crippen LogP contribution in [0.15, 0.2) is 48.5 Å². The molecule has 1 heterocycles. The Morgan fingerprint density at radius 1 is 1.07 bits per heavy atom. The van der Waals surface area contributed by atoms with E-state index in [9.17, 15) is 13.6 Å². The Bertz CT molecular complexity index is 787. The van der Waals surface area contributed by atoms with E-state index in [0.29, 0.717) is 12.5 Å². The van der Waals surface area contributed by atoms with E-state index in [1.54, 1.807) is 0 Å². The summed E-state index contributed by atoms with van der Waals surface area (Å²) >= 11 is 0. The molecular formula is C24H31F2N3O. The average molecular weight is 416 g/mol. The van der Waals surface area contributed by atoms with E-state index in [4.69, 9.17) is 0 Å². The molecule has 0 aliphatic carbocycles. The zero-order valence-corrected chi connectivity index (χ0v) is 17.6. The van der Waals surface area contributed by atoms with Crippen LogP contribution >= 0.6 is 0 Å². The van der Waals surface area contributed by atoms with E-state index < -0.39 is 11.6 Å². The number of carbonyl (C=O) groups is 1. The summed E-state index contributed by atoms with van der Waals surface area (Å²) in [5, 5.41) is 2.78. The normalized spacial score (nSPS) is 15.5. The molecule has 0 aromatic heterocycles. The van der Waals surface area contributed by atoms with Crippen molar-refractivity contribution in [3.63, 3.8) is 0 Å². The molecule has 1 N–H and O–H groups in total. The molecule has 2 aromatic carbocycles. The van der Waals surface area contributed by atoms with Crippen LogP contribution in [0.1, 0.15) is 24.0 Å². The number of halogens is 2. The number of likely N-dealkylation sites (tertiary alicyclic amines) is 1. The standard InChI is InChI=1S/C24H31F2N3O/c1-28(16-19-6-3-2-4-7-19)17-20-11-14-29(15-12-20)18-24(30)27-13-10-21-22(25)8-5-9-23(21)26/h2-9,20H,10-18H2,1H3,(H,27,30). The first-order valence-corrected chi connectivity index (χ1v) is 10.7. The van der Waals surface area contributed by atoms with Crippen molar-refractivity contribution in [3.05, 3.63) is 71.3 Å². The third kappa shape index (κ3) is 6.89. The highest BCUT2D eigenvalue weighted by Crippen LogP contribution is 2.19. The lowest BCUT2D eigenvalue weighted by molar-refractivity contribution is -0.122. The third-order valence-corrected chi connectivity index (χ3v) is 5.70. The lowest BCUT2D eigenvalue weighted by Gasteiger charge is -2.33. The van der Waals surface area contributed by atoms with Gasteiger partial charge in [-0.2, -0.15) is 0 Å². The van der Waals surface area contributed by atoms with Gasteiger partial charge in [-0.1, -0.05) is 36.4 Å². The van der Waals surface area contributed by atoms with Crippen LogP contribution in [0.2, 0.25) is 0 Å². The molecule has 1 aliphatic heterocycles. The van der Waals surface area contributed by atoms with Crippen molar-refractivity contribution in [1.82, 2.24) is 15.1 Å². The molecule has 6 heteroatoms. The van der Waals surface area contributed by atoms with Crippen LogP contribution in [0.25, 0.3) is 0 Å². The molecule has 30 heavy (non-hydrogen) atoms. The number of hydrogen-bond donors (Lipinski definition) is 1. The highest BCUT2D eigenvalue weighted by atomic mass is 19.1. The fraction of sp³-hybridized carbons (Fsp3) is 0.458. The summed E-state index contributed by atoms with van der Waals surface area (Å²) in [6.45, 7) is 4.39. The Morgan fingerprint density at radius 2 is 1.73 bits per heavy atom. The van der Waals surface area contributed by atoms with Gasteiger partial charge in [0.2, 0.25) is 5.91 Å². The van der Waals surface area contributed by atoms with Crippen molar-refractivity contribution in [2.75, 3.05) is 39.8 Å². The van der Waals surface area contributed by atoms with Crippen LogP contribution in [0.5, 0.6) is 0 Å². The molecular weight excluding hydrogens is 384 g/mol. The first kappa shape index (κ1) is 22.4. The lowest BCUT2D eigenvalue weighted by atomic mass is 9.96. The second-order valence-corrected chi connectivity index (χ2v) is 8.20. The molecule has 1 aliphatic rings. The molecule has 1 saturated heterocycles. The Morgan fingerprint density at radius 3 is 2.40 bits per heavy atom. The number of piperidine rings is 1. The minimum atomic E-state index is -0.566. The Balaban J connectivity index is 1.32. The second-order valence-electron chi connectivity index (χ2n) is 8.20. The minimum absolute atomic E-state index is 0.0261. The van der Waals surface area contributed by atoms with Gasteiger partial charge in [0.1, 0.15) is 11.6 Å². The summed E-state index contributed by atoms with van der Waals surface area (Å²) in [7, 11) is 2.16. The van der Waals surface area contributed by atoms with E-state index in [2.05, 4.69) is 46.4 Å². The largest absolute Gasteiger partial charge is 0.355 e. The molecule has 4 nitrogen and oxygen atoms in total. The van der Waals surface area contributed by atoms with Gasteiger partial charge in [0.05, 0.1) is 6.54 Å². The molecule has 0 unspecified atom stereocenters. The maximum atomic E-state index is 13.6. The monoisotopic (exact) mass is 415 g/mol. The van der Waals surface area contributed by atoms with Crippen molar-refractivity contribution in [1.29, 1.82) is 0 Å². The van der Waals surface area contributed by atoms with Crippen molar-refractivity contribution in [3.8, 4) is 0 Å². The molecule has 0 bridgehead atoms. The number of amides is 1. The summed E-state index contributed by atoms with van der Waals surface area (Å²) in [5.41, 5.74) is 1.35. The van der Waals surface area contributed by atoms with Gasteiger partial charge in [-0.25, -0.2) is 8.78 Å². The van der Waals surface area contributed by atoms with Crippen molar-refractivity contribution in [2.24, 2.45) is 5.92 Å². The van der Waals surface area contributed by atoms with Gasteiger partial charge in [0.25, 0.3) is 0 Å². The van der Waals surface area contributed by atoms with Gasteiger partial charge in [-0.15, -0.1) is 0 Å². The maximum absolute atomic E-state index is 13.6. The van der Waals surface area contributed by atoms with Crippen molar-refractivity contribution >= 4 is 5.91 Å². The Kier molecular flexibility index (Phi) is 8.34. The third-order valence-electron chi connectivity index (χ3n) is 5.70. The Labute approximate surface area is 177 Å². The maximum Gasteiger partial charge on any atom is 0.234 e. The lowest BCUT2D eigenvalue weighted by Crippen LogP contribution is -2.43. The molecule has 0 atom stereocenters. The molecule has 0 saturated carbocycles. The van der Waals surface area contributed by atoms with Crippen molar-refractivity contribution in [2.45, 2.75) is 25.8 Å². The molecule has 0 radical (unpaired) electrons. The highest BCUT2D eigenvalue weighted by molar-refractivity contribution is 5.78. The number of hydrogen-bond acceptors (Lipinski definition) is 3. The van der Waals surface area contributed by atoms with Crippen LogP contribution < -0.4 is 5.32 Å². The fourth-order valence-electron chi connectivity index (χ4n) is 4.08. The first-order valence-electron chi connectivity index (χ1n) is 10.7. The predicted molar refractivity (Wildman–Crippen MR) is 115 cm³/mol. The summed E-state index contributed by atoms with van der Waals surface area (Å²) < 4.78 is 27.3. The van der Waals surface area contributed by atoms with E-state index >= 15 is 0 Å². The predicted octanol–water partition coefficient (Wildman–Crippen LogP) is 3.47. The molecule has 1 fully saturated rings. The number of carbonyl (C=O) groups excluding carboxylic acids is 1. The van der Waals surface area contributed by atoms with Crippen LogP contribution in [0.4, 0.5) is 8.78 Å². The summed E-state index contributed by atoms with van der Waals surface area (Å²) in [5.74, 6) is -0.583. The van der Waals surface area contributed by atoms with Gasteiger partial charge in [-0.05, 0) is 63.0 Å². The van der Waals surface area contributed by atoms with E-state index in [1.807, 2.05) is 6.07 Å². The number of nitrogens with zero attached hydrogens (tertiary/aromatic N) is 2. The van der Waals surface area contributed by atoms with Crippen LogP contribution in [-0.4, -0.2) is 55.5 Å². The SMILES string of the molecule is CN(Cc1ccccc1)CC1CCN(CC(=O)NCCc2c(F)cccc2F)CC1. The fourth-order valence-corrected chi connectivity index (χ4v) is 4.08. The van der Waals surface area contributed by atoms with E-state index in [1.165, 1.54) is 23.8 Å². The minimum Gasteiger partial charge on any atom is -0.355 e. The zero-order valence-electron chi connectivity index (χ0n) is 17.6. The Hall–Kier alpha value is -2.31. The molecule has 1 amide bonds. The molecule has 162 valence electrons. The van der Waals surface area contributed by atoms with Gasteiger partial charge in [0, 0.05) is 25.2 Å². The highest BCUT2D eigenvalue weighted by Gasteiger charge is 2.22. The van der Waals surface area contributed by atoms with E-state index in [-0.39, 0.29) is 24.4 Å². The smallest absolute Gasteiger partial charge is 0.234 e. The van der Waals surface area contributed by atoms with Gasteiger partial charge < -0.3 is 10.2 Å². The van der Waals surface area contributed by atoms with E-state index in [0.717, 1.165) is 39.0 Å². The molecule has 3 rings (SSSR count). The zero-order chi connectivity index (χ0) is 21.3. The summed E-state index contributed by atoms with van der Waals surface area (Å²) in [4.78, 5) is 16.7. The summed E-state index contributed by atoms with van der Waals surface area (Å²) in [6.07, 6.45) is 2.31. The topological polar surface area (TPSA) is 35.6 Å². The quantitative estimate of drug-likeness (QED) is 0.681.